The minimum absolute atomic E-state index is 0.00697. The third kappa shape index (κ3) is 6.93. The smallest absolute Gasteiger partial charge is 0.249 e. The molecule has 292 valence electrons. The van der Waals surface area contributed by atoms with Gasteiger partial charge in [-0.1, -0.05) is 18.2 Å². The lowest BCUT2D eigenvalue weighted by Gasteiger charge is -2.28. The van der Waals surface area contributed by atoms with Gasteiger partial charge in [-0.15, -0.1) is 0 Å². The summed E-state index contributed by atoms with van der Waals surface area (Å²) in [5, 5.41) is 3.21. The molecule has 2 atom stereocenters. The van der Waals surface area contributed by atoms with E-state index in [1.807, 2.05) is 84.2 Å². The molecule has 1 aromatic carbocycles. The number of carbonyl (C=O) groups excluding carboxylic acids is 2. The van der Waals surface area contributed by atoms with Gasteiger partial charge in [0.15, 0.2) is 11.6 Å². The lowest BCUT2D eigenvalue weighted by Crippen LogP contribution is -2.47. The first-order chi connectivity index (χ1) is 27.6. The first-order valence-electron chi connectivity index (χ1n) is 20.1. The largest absolute Gasteiger partial charge is 0.497 e. The standard InChI is InChI=1S/C44H48N10O3/c1-26(42(55)51-44(2)20-21-44)52(3)40-30-12-7-15-33(30)47-38(49-40)35-17-9-14-32(46-35)27-10-6-11-28(24-27)54-23-19-37(43(54)56)53(4)41-31-13-8-16-34(31)48-39(50-41)36-25-29(57-5)18-22-45-36/h6,9-11,14,17-18,22,24-26,37H,7-8,12-13,15-16,19-21,23H2,1-5H3,(H,51,55)/t26-,37+/m1/s1. The summed E-state index contributed by atoms with van der Waals surface area (Å²) in [7, 11) is 5.54. The highest BCUT2D eigenvalue weighted by Gasteiger charge is 2.41. The van der Waals surface area contributed by atoms with Gasteiger partial charge in [0.05, 0.1) is 12.8 Å². The number of likely N-dealkylation sites (N-methyl/N-ethyl adjacent to an activating group) is 2. The maximum absolute atomic E-state index is 14.2. The summed E-state index contributed by atoms with van der Waals surface area (Å²) in [5.74, 6) is 3.38. The summed E-state index contributed by atoms with van der Waals surface area (Å²) >= 11 is 0. The number of nitrogens with zero attached hydrogens (tertiary/aromatic N) is 9. The second-order valence-corrected chi connectivity index (χ2v) is 16.1. The SMILES string of the molecule is COc1ccnc(-c2nc3c(c(N(C)[C@H]4CCN(c5cccc(-c6cccc(-c7nc8c(c(N(C)[C@H](C)C(=O)NC9(C)CC9)n7)CCC8)n6)c5)C4=O)n2)CCC3)c1. The van der Waals surface area contributed by atoms with Gasteiger partial charge in [-0.25, -0.2) is 24.9 Å². The number of benzene rings is 1. The average Bonchev–Trinajstić information content (AvgIpc) is 3.61. The van der Waals surface area contributed by atoms with Crippen molar-refractivity contribution in [1.29, 1.82) is 0 Å². The van der Waals surface area contributed by atoms with Gasteiger partial charge in [0, 0.05) is 72.2 Å². The number of rotatable bonds is 11. The van der Waals surface area contributed by atoms with Crippen molar-refractivity contribution in [3.63, 3.8) is 0 Å². The molecule has 0 bridgehead atoms. The number of anilines is 3. The number of fused-ring (bicyclic) bond motifs is 2. The number of carbonyl (C=O) groups is 2. The second-order valence-electron chi connectivity index (χ2n) is 16.1. The topological polar surface area (TPSA) is 142 Å². The van der Waals surface area contributed by atoms with Crippen LogP contribution in [0.5, 0.6) is 5.75 Å². The number of methoxy groups -OCH3 is 1. The Morgan fingerprint density at radius 2 is 1.54 bits per heavy atom. The molecule has 2 fully saturated rings. The fourth-order valence-corrected chi connectivity index (χ4v) is 8.35. The van der Waals surface area contributed by atoms with E-state index in [-0.39, 0.29) is 29.4 Å². The Hall–Kier alpha value is -5.98. The third-order valence-corrected chi connectivity index (χ3v) is 12.1. The van der Waals surface area contributed by atoms with Gasteiger partial charge >= 0.3 is 0 Å². The molecule has 1 saturated carbocycles. The van der Waals surface area contributed by atoms with Crippen LogP contribution < -0.4 is 24.8 Å². The molecule has 5 aromatic rings. The summed E-state index contributed by atoms with van der Waals surface area (Å²) in [5.41, 5.74) is 7.93. The van der Waals surface area contributed by atoms with E-state index in [4.69, 9.17) is 29.7 Å². The molecule has 2 amide bonds. The molecule has 13 heteroatoms. The Bertz CT molecular complexity index is 2400. The van der Waals surface area contributed by atoms with Gasteiger partial charge in [0.1, 0.15) is 40.9 Å². The van der Waals surface area contributed by atoms with E-state index in [2.05, 4.69) is 17.2 Å². The van der Waals surface area contributed by atoms with Crippen LogP contribution in [-0.4, -0.2) is 87.1 Å². The second kappa shape index (κ2) is 14.5. The van der Waals surface area contributed by atoms with Gasteiger partial charge in [-0.3, -0.25) is 14.6 Å². The van der Waals surface area contributed by atoms with Gasteiger partial charge in [-0.05, 0) is 102 Å². The number of amides is 2. The van der Waals surface area contributed by atoms with Gasteiger partial charge in [0.25, 0.3) is 0 Å². The molecule has 3 aliphatic carbocycles. The fourth-order valence-electron chi connectivity index (χ4n) is 8.35. The van der Waals surface area contributed by atoms with Crippen molar-refractivity contribution in [3.05, 3.63) is 83.3 Å². The molecule has 0 unspecified atom stereocenters. The summed E-state index contributed by atoms with van der Waals surface area (Å²) in [6, 6.07) is 16.8. The van der Waals surface area contributed by atoms with E-state index in [1.54, 1.807) is 19.4 Å². The number of aromatic nitrogens is 6. The Balaban J connectivity index is 0.962. The Kier molecular flexibility index (Phi) is 9.33. The average molecular weight is 765 g/mol. The van der Waals surface area contributed by atoms with Crippen molar-refractivity contribution in [2.45, 2.75) is 89.3 Å². The zero-order valence-corrected chi connectivity index (χ0v) is 33.2. The molecule has 4 aliphatic rings. The molecule has 13 nitrogen and oxygen atoms in total. The number of hydrogen-bond acceptors (Lipinski definition) is 11. The number of aryl methyl sites for hydroxylation is 2. The van der Waals surface area contributed by atoms with Crippen molar-refractivity contribution < 1.29 is 14.3 Å². The van der Waals surface area contributed by atoms with Crippen LogP contribution >= 0.6 is 0 Å². The van der Waals surface area contributed by atoms with E-state index in [9.17, 15) is 9.59 Å². The molecule has 57 heavy (non-hydrogen) atoms. The van der Waals surface area contributed by atoms with Crippen LogP contribution in [-0.2, 0) is 35.3 Å². The maximum atomic E-state index is 14.2. The van der Waals surface area contributed by atoms with E-state index >= 15 is 0 Å². The van der Waals surface area contributed by atoms with E-state index in [1.165, 1.54) is 0 Å². The van der Waals surface area contributed by atoms with Gasteiger partial charge in [-0.2, -0.15) is 0 Å². The number of hydrogen-bond donors (Lipinski definition) is 1. The van der Waals surface area contributed by atoms with Crippen LogP contribution in [0.4, 0.5) is 17.3 Å². The lowest BCUT2D eigenvalue weighted by molar-refractivity contribution is -0.123. The molecule has 1 aliphatic heterocycles. The first-order valence-corrected chi connectivity index (χ1v) is 20.1. The van der Waals surface area contributed by atoms with Crippen molar-refractivity contribution in [2.75, 3.05) is 42.4 Å². The monoisotopic (exact) mass is 764 g/mol. The highest BCUT2D eigenvalue weighted by molar-refractivity contribution is 6.01. The molecular weight excluding hydrogens is 717 g/mol. The third-order valence-electron chi connectivity index (χ3n) is 12.1. The lowest BCUT2D eigenvalue weighted by atomic mass is 10.1. The van der Waals surface area contributed by atoms with Gasteiger partial charge in [0.2, 0.25) is 11.8 Å². The quantitative estimate of drug-likeness (QED) is 0.175. The predicted octanol–water partition coefficient (Wildman–Crippen LogP) is 5.78. The summed E-state index contributed by atoms with van der Waals surface area (Å²) < 4.78 is 5.43. The maximum Gasteiger partial charge on any atom is 0.249 e. The zero-order chi connectivity index (χ0) is 39.4. The van der Waals surface area contributed by atoms with Crippen LogP contribution in [0.2, 0.25) is 0 Å². The van der Waals surface area contributed by atoms with Crippen molar-refractivity contribution in [2.24, 2.45) is 0 Å². The molecule has 0 radical (unpaired) electrons. The van der Waals surface area contributed by atoms with Crippen molar-refractivity contribution in [3.8, 4) is 40.0 Å². The van der Waals surface area contributed by atoms with Crippen molar-refractivity contribution in [1.82, 2.24) is 35.2 Å². The highest BCUT2D eigenvalue weighted by atomic mass is 16.5. The predicted molar refractivity (Wildman–Crippen MR) is 219 cm³/mol. The van der Waals surface area contributed by atoms with Crippen LogP contribution in [0.3, 0.4) is 0 Å². The zero-order valence-electron chi connectivity index (χ0n) is 33.2. The fraction of sp³-hybridized carbons (Fsp3) is 0.409. The Morgan fingerprint density at radius 1 is 0.860 bits per heavy atom. The molecule has 5 heterocycles. The molecule has 4 aromatic heterocycles. The number of pyridine rings is 2. The van der Waals surface area contributed by atoms with Crippen LogP contribution in [0.1, 0.15) is 68.5 Å². The highest BCUT2D eigenvalue weighted by Crippen LogP contribution is 2.37. The Morgan fingerprint density at radius 3 is 2.28 bits per heavy atom. The van der Waals surface area contributed by atoms with Crippen LogP contribution in [0.15, 0.2) is 60.8 Å². The van der Waals surface area contributed by atoms with Gasteiger partial charge < -0.3 is 24.8 Å². The summed E-state index contributed by atoms with van der Waals surface area (Å²) in [4.78, 5) is 62.9. The molecule has 1 saturated heterocycles. The first kappa shape index (κ1) is 36.6. The molecule has 0 spiro atoms. The van der Waals surface area contributed by atoms with Crippen LogP contribution in [0, 0.1) is 0 Å². The minimum Gasteiger partial charge on any atom is -0.497 e. The summed E-state index contributed by atoms with van der Waals surface area (Å²) in [6.45, 7) is 4.60. The number of nitrogens with one attached hydrogen (secondary N) is 1. The van der Waals surface area contributed by atoms with Crippen LogP contribution in [0.25, 0.3) is 34.3 Å². The number of ether oxygens (including phenoxy) is 1. The molecule has 1 N–H and O–H groups in total. The minimum atomic E-state index is -0.389. The molecular formula is C44H48N10O3. The molecule has 9 rings (SSSR count). The summed E-state index contributed by atoms with van der Waals surface area (Å²) in [6.07, 6.45) is 9.88. The van der Waals surface area contributed by atoms with E-state index in [0.717, 1.165) is 102 Å². The van der Waals surface area contributed by atoms with Crippen molar-refractivity contribution >= 4 is 29.1 Å². The van der Waals surface area contributed by atoms with E-state index in [0.29, 0.717) is 41.8 Å². The normalized spacial score (nSPS) is 18.2. The van der Waals surface area contributed by atoms with E-state index < -0.39 is 0 Å². The Labute approximate surface area is 333 Å².